The third-order valence-electron chi connectivity index (χ3n) is 4.47. The van der Waals surface area contributed by atoms with Gasteiger partial charge in [0, 0.05) is 22.1 Å². The molecule has 0 bridgehead atoms. The van der Waals surface area contributed by atoms with Crippen LogP contribution in [0.15, 0.2) is 41.0 Å². The van der Waals surface area contributed by atoms with Crippen molar-refractivity contribution in [3.8, 4) is 0 Å². The van der Waals surface area contributed by atoms with Gasteiger partial charge in [0.2, 0.25) is 11.8 Å². The van der Waals surface area contributed by atoms with Crippen LogP contribution in [0.5, 0.6) is 0 Å². The number of carbonyl (C=O) groups is 3. The highest BCUT2D eigenvalue weighted by Gasteiger charge is 2.34. The average Bonchev–Trinajstić information content (AvgIpc) is 3.32. The first-order valence-electron chi connectivity index (χ1n) is 8.81. The van der Waals surface area contributed by atoms with Crippen LogP contribution in [0.25, 0.3) is 0 Å². The smallest absolute Gasteiger partial charge is 0.257 e. The van der Waals surface area contributed by atoms with E-state index in [9.17, 15) is 14.4 Å². The number of hydrogen-bond acceptors (Lipinski definition) is 5. The van der Waals surface area contributed by atoms with Gasteiger partial charge >= 0.3 is 0 Å². The second-order valence-electron chi connectivity index (χ2n) is 6.62. The van der Waals surface area contributed by atoms with E-state index in [4.69, 9.17) is 16.6 Å². The molecule has 2 aromatic rings. The molecule has 152 valence electrons. The molecular weight excluding hydrogens is 507 g/mol. The van der Waals surface area contributed by atoms with Gasteiger partial charge in [0.1, 0.15) is 5.76 Å². The standard InChI is InChI=1S/C19H19IN4O4S/c1-11-4-5-12(7-15(11)20)17(26)21-19(29)23-22-18(27)13-8-16(25)24(9-13)10-14-3-2-6-28-14/h2-7,13H,8-10H2,1H3,(H,22,27)(H2,21,23,26,29). The first-order valence-corrected chi connectivity index (χ1v) is 10.3. The SMILES string of the molecule is Cc1ccc(C(=O)NC(=S)NNC(=O)C2CC(=O)N(Cc3ccco3)C2)cc1I. The number of amides is 3. The summed E-state index contributed by atoms with van der Waals surface area (Å²) in [6.07, 6.45) is 1.64. The molecule has 3 rings (SSSR count). The van der Waals surface area contributed by atoms with Gasteiger partial charge in [-0.3, -0.25) is 30.6 Å². The van der Waals surface area contributed by atoms with Crippen LogP contribution in [0.2, 0.25) is 0 Å². The summed E-state index contributed by atoms with van der Waals surface area (Å²) in [4.78, 5) is 38.3. The third-order valence-corrected chi connectivity index (χ3v) is 5.84. The molecule has 1 aromatic heterocycles. The number of benzene rings is 1. The second kappa shape index (κ2) is 9.35. The number of hydrogen-bond donors (Lipinski definition) is 3. The van der Waals surface area contributed by atoms with Crippen molar-refractivity contribution in [1.29, 1.82) is 0 Å². The minimum absolute atomic E-state index is 0.0318. The molecule has 2 heterocycles. The van der Waals surface area contributed by atoms with E-state index < -0.39 is 5.92 Å². The lowest BCUT2D eigenvalue weighted by Crippen LogP contribution is -2.50. The average molecular weight is 526 g/mol. The van der Waals surface area contributed by atoms with Gasteiger partial charge in [-0.25, -0.2) is 0 Å². The molecule has 1 saturated heterocycles. The highest BCUT2D eigenvalue weighted by molar-refractivity contribution is 14.1. The van der Waals surface area contributed by atoms with Crippen LogP contribution in [-0.2, 0) is 16.1 Å². The summed E-state index contributed by atoms with van der Waals surface area (Å²) in [5.74, 6) is -0.724. The normalized spacial score (nSPS) is 15.9. The maximum Gasteiger partial charge on any atom is 0.257 e. The van der Waals surface area contributed by atoms with E-state index >= 15 is 0 Å². The van der Waals surface area contributed by atoms with Crippen molar-refractivity contribution in [2.24, 2.45) is 5.92 Å². The number of nitrogens with one attached hydrogen (secondary N) is 3. The highest BCUT2D eigenvalue weighted by Crippen LogP contribution is 2.20. The minimum atomic E-state index is -0.512. The molecule has 1 aromatic carbocycles. The van der Waals surface area contributed by atoms with E-state index in [0.717, 1.165) is 9.13 Å². The molecule has 0 spiro atoms. The van der Waals surface area contributed by atoms with Crippen molar-refractivity contribution in [3.05, 3.63) is 57.1 Å². The maximum atomic E-state index is 12.3. The van der Waals surface area contributed by atoms with E-state index in [1.165, 1.54) is 6.26 Å². The number of halogens is 1. The molecule has 0 radical (unpaired) electrons. The van der Waals surface area contributed by atoms with Crippen molar-refractivity contribution in [1.82, 2.24) is 21.1 Å². The van der Waals surface area contributed by atoms with Crippen LogP contribution >= 0.6 is 34.8 Å². The number of nitrogens with zero attached hydrogens (tertiary/aromatic N) is 1. The largest absolute Gasteiger partial charge is 0.467 e. The molecule has 29 heavy (non-hydrogen) atoms. The maximum absolute atomic E-state index is 12.3. The van der Waals surface area contributed by atoms with Crippen molar-refractivity contribution in [2.75, 3.05) is 6.54 Å². The molecule has 1 atom stereocenters. The minimum Gasteiger partial charge on any atom is -0.467 e. The van der Waals surface area contributed by atoms with Crippen molar-refractivity contribution >= 4 is 57.6 Å². The fourth-order valence-corrected chi connectivity index (χ4v) is 3.51. The summed E-state index contributed by atoms with van der Waals surface area (Å²) in [6, 6.07) is 8.83. The predicted octanol–water partition coefficient (Wildman–Crippen LogP) is 1.88. The van der Waals surface area contributed by atoms with Gasteiger partial charge in [0.05, 0.1) is 18.7 Å². The van der Waals surface area contributed by atoms with Crippen LogP contribution < -0.4 is 16.2 Å². The van der Waals surface area contributed by atoms with Crippen molar-refractivity contribution < 1.29 is 18.8 Å². The Morgan fingerprint density at radius 1 is 1.31 bits per heavy atom. The Morgan fingerprint density at radius 3 is 2.79 bits per heavy atom. The van der Waals surface area contributed by atoms with E-state index in [1.807, 2.05) is 13.0 Å². The topological polar surface area (TPSA) is 104 Å². The molecule has 10 heteroatoms. The van der Waals surface area contributed by atoms with Gasteiger partial charge in [-0.1, -0.05) is 6.07 Å². The number of rotatable bonds is 4. The predicted molar refractivity (Wildman–Crippen MR) is 117 cm³/mol. The fourth-order valence-electron chi connectivity index (χ4n) is 2.85. The highest BCUT2D eigenvalue weighted by atomic mass is 127. The summed E-state index contributed by atoms with van der Waals surface area (Å²) in [5, 5.41) is 2.48. The lowest BCUT2D eigenvalue weighted by molar-refractivity contribution is -0.129. The van der Waals surface area contributed by atoms with Gasteiger partial charge in [0.15, 0.2) is 5.11 Å². The van der Waals surface area contributed by atoms with Crippen LogP contribution in [0, 0.1) is 16.4 Å². The van der Waals surface area contributed by atoms with Crippen molar-refractivity contribution in [2.45, 2.75) is 19.9 Å². The van der Waals surface area contributed by atoms with Gasteiger partial charge < -0.3 is 9.32 Å². The molecule has 1 aliphatic rings. The van der Waals surface area contributed by atoms with Crippen LogP contribution in [0.3, 0.4) is 0 Å². The van der Waals surface area contributed by atoms with Gasteiger partial charge in [-0.2, -0.15) is 0 Å². The van der Waals surface area contributed by atoms with E-state index in [0.29, 0.717) is 17.9 Å². The summed E-state index contributed by atoms with van der Waals surface area (Å²) < 4.78 is 6.21. The zero-order valence-corrected chi connectivity index (χ0v) is 18.5. The Morgan fingerprint density at radius 2 is 2.10 bits per heavy atom. The Labute approximate surface area is 186 Å². The number of carbonyl (C=O) groups excluding carboxylic acids is 3. The summed E-state index contributed by atoms with van der Waals surface area (Å²) in [6.45, 7) is 2.57. The number of furan rings is 1. The monoisotopic (exact) mass is 526 g/mol. The van der Waals surface area contributed by atoms with Crippen LogP contribution in [-0.4, -0.2) is 34.3 Å². The number of thiocarbonyl (C=S) groups is 1. The molecule has 1 fully saturated rings. The van der Waals surface area contributed by atoms with Gasteiger partial charge in [-0.15, -0.1) is 0 Å². The second-order valence-corrected chi connectivity index (χ2v) is 8.19. The number of likely N-dealkylation sites (tertiary alicyclic amines) is 1. The first-order chi connectivity index (χ1) is 13.8. The molecule has 3 N–H and O–H groups in total. The Hall–Kier alpha value is -2.47. The molecule has 0 saturated carbocycles. The zero-order chi connectivity index (χ0) is 21.0. The number of aryl methyl sites for hydroxylation is 1. The van der Waals surface area contributed by atoms with E-state index in [1.54, 1.807) is 29.2 Å². The molecule has 3 amide bonds. The quantitative estimate of drug-likeness (QED) is 0.320. The third kappa shape index (κ3) is 5.54. The molecule has 8 nitrogen and oxygen atoms in total. The van der Waals surface area contributed by atoms with Crippen molar-refractivity contribution in [3.63, 3.8) is 0 Å². The van der Waals surface area contributed by atoms with E-state index in [2.05, 4.69) is 38.8 Å². The summed E-state index contributed by atoms with van der Waals surface area (Å²) in [5.41, 5.74) is 6.50. The van der Waals surface area contributed by atoms with E-state index in [-0.39, 0.29) is 35.8 Å². The Balaban J connectivity index is 1.46. The summed E-state index contributed by atoms with van der Waals surface area (Å²) in [7, 11) is 0. The first kappa shape index (κ1) is 21.2. The zero-order valence-electron chi connectivity index (χ0n) is 15.5. The van der Waals surface area contributed by atoms with Gasteiger partial charge in [-0.05, 0) is 71.6 Å². The molecule has 0 aliphatic carbocycles. The lowest BCUT2D eigenvalue weighted by atomic mass is 10.1. The fraction of sp³-hybridized carbons (Fsp3) is 0.263. The Kier molecular flexibility index (Phi) is 6.85. The summed E-state index contributed by atoms with van der Waals surface area (Å²) >= 11 is 7.21. The van der Waals surface area contributed by atoms with Crippen LogP contribution in [0.4, 0.5) is 0 Å². The Bertz CT molecular complexity index is 948. The molecule has 1 unspecified atom stereocenters. The van der Waals surface area contributed by atoms with Crippen LogP contribution in [0.1, 0.15) is 28.1 Å². The number of hydrazine groups is 1. The lowest BCUT2D eigenvalue weighted by Gasteiger charge is -2.16. The molecular formula is C19H19IN4O4S. The van der Waals surface area contributed by atoms with Gasteiger partial charge in [0.25, 0.3) is 5.91 Å². The molecule has 1 aliphatic heterocycles.